The predicted molar refractivity (Wildman–Crippen MR) is 110 cm³/mol. The molecule has 1 fully saturated rings. The first-order valence-corrected chi connectivity index (χ1v) is 10.1. The molecule has 1 unspecified atom stereocenters. The number of nitrogens with zero attached hydrogens (tertiary/aromatic N) is 2. The fraction of sp³-hybridized carbons (Fsp3) is 0.524. The van der Waals surface area contributed by atoms with Gasteiger partial charge in [-0.2, -0.15) is 0 Å². The Hall–Kier alpha value is -2.58. The summed E-state index contributed by atoms with van der Waals surface area (Å²) < 4.78 is 10.6. The zero-order valence-corrected chi connectivity index (χ0v) is 17.4. The van der Waals surface area contributed by atoms with Gasteiger partial charge < -0.3 is 20.1 Å². The van der Waals surface area contributed by atoms with Gasteiger partial charge in [0, 0.05) is 45.0 Å². The Balaban J connectivity index is 2.05. The van der Waals surface area contributed by atoms with Crippen LogP contribution in [0.5, 0.6) is 5.75 Å². The van der Waals surface area contributed by atoms with Gasteiger partial charge in [0.2, 0.25) is 0 Å². The molecule has 8 nitrogen and oxygen atoms in total. The fourth-order valence-corrected chi connectivity index (χ4v) is 3.79. The molecule has 1 aromatic carbocycles. The van der Waals surface area contributed by atoms with E-state index in [1.807, 2.05) is 31.2 Å². The highest BCUT2D eigenvalue weighted by molar-refractivity contribution is 5.95. The molecule has 0 aromatic heterocycles. The smallest absolute Gasteiger partial charge is 0.338 e. The van der Waals surface area contributed by atoms with Crippen molar-refractivity contribution in [3.05, 3.63) is 41.1 Å². The largest absolute Gasteiger partial charge is 0.497 e. The molecule has 158 valence electrons. The summed E-state index contributed by atoms with van der Waals surface area (Å²) in [4.78, 5) is 29.8. The molecule has 2 aliphatic heterocycles. The fourth-order valence-electron chi connectivity index (χ4n) is 3.79. The number of carbonyl (C=O) groups is 2. The van der Waals surface area contributed by atoms with E-state index in [-0.39, 0.29) is 12.6 Å². The average molecular weight is 402 g/mol. The number of esters is 1. The second-order valence-electron chi connectivity index (χ2n) is 7.01. The van der Waals surface area contributed by atoms with Crippen LogP contribution in [0.3, 0.4) is 0 Å². The molecule has 2 heterocycles. The van der Waals surface area contributed by atoms with E-state index in [1.165, 1.54) is 0 Å². The number of hydrogen-bond acceptors (Lipinski definition) is 6. The number of nitrogens with one attached hydrogen (secondary N) is 2. The summed E-state index contributed by atoms with van der Waals surface area (Å²) in [5.41, 5.74) is 2.03. The van der Waals surface area contributed by atoms with Gasteiger partial charge in [-0.15, -0.1) is 0 Å². The molecule has 0 spiro atoms. The second-order valence-corrected chi connectivity index (χ2v) is 7.01. The van der Waals surface area contributed by atoms with Crippen molar-refractivity contribution in [1.29, 1.82) is 0 Å². The van der Waals surface area contributed by atoms with Crippen molar-refractivity contribution in [2.75, 3.05) is 53.0 Å². The lowest BCUT2D eigenvalue weighted by Crippen LogP contribution is -2.52. The molecule has 3 rings (SSSR count). The van der Waals surface area contributed by atoms with Crippen LogP contribution in [-0.4, -0.2) is 74.8 Å². The number of carbonyl (C=O) groups excluding carboxylic acids is 2. The van der Waals surface area contributed by atoms with Crippen LogP contribution in [-0.2, 0) is 9.53 Å². The van der Waals surface area contributed by atoms with Crippen LogP contribution in [0, 0.1) is 0 Å². The third kappa shape index (κ3) is 4.71. The first-order valence-electron chi connectivity index (χ1n) is 10.1. The van der Waals surface area contributed by atoms with E-state index >= 15 is 0 Å². The number of rotatable bonds is 7. The van der Waals surface area contributed by atoms with E-state index < -0.39 is 12.0 Å². The minimum absolute atomic E-state index is 0.202. The van der Waals surface area contributed by atoms with Crippen LogP contribution < -0.4 is 15.4 Å². The summed E-state index contributed by atoms with van der Waals surface area (Å²) in [6, 6.07) is 6.62. The van der Waals surface area contributed by atoms with Crippen LogP contribution in [0.25, 0.3) is 0 Å². The van der Waals surface area contributed by atoms with Gasteiger partial charge in [-0.3, -0.25) is 9.80 Å². The van der Waals surface area contributed by atoms with Crippen LogP contribution in [0.15, 0.2) is 35.5 Å². The van der Waals surface area contributed by atoms with E-state index in [9.17, 15) is 9.59 Å². The Morgan fingerprint density at radius 2 is 1.86 bits per heavy atom. The highest BCUT2D eigenvalue weighted by Crippen LogP contribution is 2.32. The molecule has 1 saturated heterocycles. The Labute approximate surface area is 171 Å². The van der Waals surface area contributed by atoms with Gasteiger partial charge in [0.1, 0.15) is 5.75 Å². The third-order valence-corrected chi connectivity index (χ3v) is 5.28. The quantitative estimate of drug-likeness (QED) is 0.673. The molecular formula is C21H30N4O4. The molecule has 1 atom stereocenters. The number of piperazine rings is 1. The van der Waals surface area contributed by atoms with Crippen LogP contribution in [0.2, 0.25) is 0 Å². The maximum atomic E-state index is 13.0. The lowest BCUT2D eigenvalue weighted by atomic mass is 9.94. The van der Waals surface area contributed by atoms with Crippen molar-refractivity contribution in [2.45, 2.75) is 19.9 Å². The van der Waals surface area contributed by atoms with Crippen molar-refractivity contribution in [2.24, 2.45) is 0 Å². The summed E-state index contributed by atoms with van der Waals surface area (Å²) in [6.07, 6.45) is 0. The van der Waals surface area contributed by atoms with Gasteiger partial charge in [0.25, 0.3) is 0 Å². The van der Waals surface area contributed by atoms with Gasteiger partial charge in [-0.1, -0.05) is 12.1 Å². The van der Waals surface area contributed by atoms with E-state index in [0.717, 1.165) is 37.4 Å². The Bertz CT molecular complexity index is 756. The summed E-state index contributed by atoms with van der Waals surface area (Å²) >= 11 is 0. The maximum Gasteiger partial charge on any atom is 0.338 e. The zero-order valence-electron chi connectivity index (χ0n) is 17.4. The number of likely N-dealkylation sites (N-methyl/N-ethyl adjacent to an activating group) is 1. The lowest BCUT2D eigenvalue weighted by Gasteiger charge is -2.39. The molecule has 0 bridgehead atoms. The van der Waals surface area contributed by atoms with E-state index in [4.69, 9.17) is 9.47 Å². The van der Waals surface area contributed by atoms with Crippen LogP contribution in [0.4, 0.5) is 4.79 Å². The first-order chi connectivity index (χ1) is 14.1. The zero-order chi connectivity index (χ0) is 20.8. The van der Waals surface area contributed by atoms with Gasteiger partial charge in [-0.25, -0.2) is 9.59 Å². The van der Waals surface area contributed by atoms with Gasteiger partial charge in [-0.05, 0) is 31.5 Å². The maximum absolute atomic E-state index is 13.0. The predicted octanol–water partition coefficient (Wildman–Crippen LogP) is 1.50. The highest BCUT2D eigenvalue weighted by atomic mass is 16.5. The average Bonchev–Trinajstić information content (AvgIpc) is 2.74. The Morgan fingerprint density at radius 1 is 1.17 bits per heavy atom. The molecule has 2 amide bonds. The van der Waals surface area contributed by atoms with Crippen molar-refractivity contribution in [3.8, 4) is 5.75 Å². The molecule has 2 N–H and O–H groups in total. The minimum Gasteiger partial charge on any atom is -0.497 e. The van der Waals surface area contributed by atoms with E-state index in [0.29, 0.717) is 24.4 Å². The van der Waals surface area contributed by atoms with Gasteiger partial charge >= 0.3 is 12.0 Å². The summed E-state index contributed by atoms with van der Waals surface area (Å²) in [5, 5.41) is 6.32. The number of urea groups is 1. The topological polar surface area (TPSA) is 83.1 Å². The molecule has 29 heavy (non-hydrogen) atoms. The van der Waals surface area contributed by atoms with Gasteiger partial charge in [0.15, 0.2) is 0 Å². The second kappa shape index (κ2) is 9.76. The minimum atomic E-state index is -0.562. The Kier molecular flexibility index (Phi) is 7.11. The first kappa shape index (κ1) is 21.1. The molecule has 0 saturated carbocycles. The van der Waals surface area contributed by atoms with Crippen LogP contribution in [0.1, 0.15) is 25.5 Å². The third-order valence-electron chi connectivity index (χ3n) is 5.28. The number of methoxy groups -OCH3 is 1. The molecule has 0 aliphatic carbocycles. The van der Waals surface area contributed by atoms with Gasteiger partial charge in [0.05, 0.1) is 25.3 Å². The monoisotopic (exact) mass is 402 g/mol. The number of ether oxygens (including phenoxy) is 2. The number of hydrogen-bond donors (Lipinski definition) is 2. The Morgan fingerprint density at radius 3 is 2.45 bits per heavy atom. The SMILES string of the molecule is CCOC(=O)C1=C(CN2CCNCC2)N(CC)C(=O)NC1c1ccc(OC)cc1. The summed E-state index contributed by atoms with van der Waals surface area (Å²) in [6.45, 7) is 8.50. The van der Waals surface area contributed by atoms with Crippen molar-refractivity contribution in [1.82, 2.24) is 20.4 Å². The molecule has 1 aromatic rings. The summed E-state index contributed by atoms with van der Waals surface area (Å²) in [7, 11) is 1.60. The van der Waals surface area contributed by atoms with E-state index in [2.05, 4.69) is 15.5 Å². The summed E-state index contributed by atoms with van der Waals surface area (Å²) in [5.74, 6) is 0.325. The van der Waals surface area contributed by atoms with Crippen molar-refractivity contribution >= 4 is 12.0 Å². The van der Waals surface area contributed by atoms with E-state index in [1.54, 1.807) is 18.9 Å². The highest BCUT2D eigenvalue weighted by Gasteiger charge is 2.38. The molecular weight excluding hydrogens is 372 g/mol. The normalized spacial score (nSPS) is 20.4. The molecule has 0 radical (unpaired) electrons. The lowest BCUT2D eigenvalue weighted by molar-refractivity contribution is -0.139. The standard InChI is InChI=1S/C21H30N4O4/c1-4-25-17(14-24-12-10-22-11-13-24)18(20(26)29-5-2)19(23-21(25)27)15-6-8-16(28-3)9-7-15/h6-9,19,22H,4-5,10-14H2,1-3H3,(H,23,27). The van der Waals surface area contributed by atoms with Crippen LogP contribution >= 0.6 is 0 Å². The molecule has 8 heteroatoms. The van der Waals surface area contributed by atoms with Crippen molar-refractivity contribution < 1.29 is 19.1 Å². The van der Waals surface area contributed by atoms with Crippen molar-refractivity contribution in [3.63, 3.8) is 0 Å². The number of amides is 2. The number of benzene rings is 1. The molecule has 2 aliphatic rings.